The van der Waals surface area contributed by atoms with E-state index in [1.165, 1.54) is 0 Å². The molecule has 0 bridgehead atoms. The van der Waals surface area contributed by atoms with Gasteiger partial charge in [0.1, 0.15) is 6.17 Å². The topological polar surface area (TPSA) is 73.5 Å². The molecule has 2 aromatic carbocycles. The van der Waals surface area contributed by atoms with E-state index in [-0.39, 0.29) is 30.4 Å². The second-order valence-corrected chi connectivity index (χ2v) is 7.05. The third-order valence-electron chi connectivity index (χ3n) is 4.78. The summed E-state index contributed by atoms with van der Waals surface area (Å²) in [4.78, 5) is 26.8. The molecule has 6 heteroatoms. The van der Waals surface area contributed by atoms with Gasteiger partial charge in [0.25, 0.3) is 0 Å². The van der Waals surface area contributed by atoms with Crippen LogP contribution in [0.4, 0.5) is 5.69 Å². The summed E-state index contributed by atoms with van der Waals surface area (Å²) in [7, 11) is 3.98. The van der Waals surface area contributed by atoms with Crippen molar-refractivity contribution < 1.29 is 9.59 Å². The summed E-state index contributed by atoms with van der Waals surface area (Å²) in [6.45, 7) is 1.94. The fraction of sp³-hybridized carbons (Fsp3) is 0.333. The van der Waals surface area contributed by atoms with E-state index >= 15 is 0 Å². The van der Waals surface area contributed by atoms with Crippen molar-refractivity contribution in [2.45, 2.75) is 31.6 Å². The summed E-state index contributed by atoms with van der Waals surface area (Å²) in [5.41, 5.74) is 3.05. The molecule has 3 atom stereocenters. The first kappa shape index (κ1) is 18.9. The zero-order valence-electron chi connectivity index (χ0n) is 15.9. The number of anilines is 1. The Kier molecular flexibility index (Phi) is 5.76. The van der Waals surface area contributed by atoms with Gasteiger partial charge in [-0.2, -0.15) is 0 Å². The summed E-state index contributed by atoms with van der Waals surface area (Å²) < 4.78 is 0. The van der Waals surface area contributed by atoms with E-state index in [0.717, 1.165) is 16.8 Å². The Bertz CT molecular complexity index is 790. The standard InChI is InChI=1S/C21H26N4O2/c1-14(15-9-11-17(12-10-15)25(2)3)22-21(27)18-13-19(26)24-20(23-18)16-7-5-4-6-8-16/h4-12,14,18,20,23H,13H2,1-3H3,(H,22,27)(H,24,26)/t14-,18?,20?/m1/s1. The molecule has 27 heavy (non-hydrogen) atoms. The maximum Gasteiger partial charge on any atom is 0.238 e. The van der Waals surface area contributed by atoms with Crippen molar-refractivity contribution in [3.63, 3.8) is 0 Å². The predicted molar refractivity (Wildman–Crippen MR) is 106 cm³/mol. The summed E-state index contributed by atoms with van der Waals surface area (Å²) in [5, 5.41) is 9.13. The van der Waals surface area contributed by atoms with Gasteiger partial charge >= 0.3 is 0 Å². The highest BCUT2D eigenvalue weighted by Gasteiger charge is 2.31. The molecule has 1 aliphatic heterocycles. The van der Waals surface area contributed by atoms with E-state index in [9.17, 15) is 9.59 Å². The Labute approximate surface area is 159 Å². The maximum absolute atomic E-state index is 12.7. The average molecular weight is 366 g/mol. The number of rotatable bonds is 5. The van der Waals surface area contributed by atoms with Crippen LogP contribution >= 0.6 is 0 Å². The first-order valence-corrected chi connectivity index (χ1v) is 9.12. The van der Waals surface area contributed by atoms with Crippen LogP contribution in [0.3, 0.4) is 0 Å². The van der Waals surface area contributed by atoms with Crippen molar-refractivity contribution in [3.05, 3.63) is 65.7 Å². The minimum atomic E-state index is -0.563. The highest BCUT2D eigenvalue weighted by atomic mass is 16.2. The average Bonchev–Trinajstić information content (AvgIpc) is 2.68. The zero-order chi connectivity index (χ0) is 19.4. The molecule has 2 aromatic rings. The van der Waals surface area contributed by atoms with Gasteiger partial charge in [0.2, 0.25) is 11.8 Å². The highest BCUT2D eigenvalue weighted by Crippen LogP contribution is 2.19. The largest absolute Gasteiger partial charge is 0.378 e. The van der Waals surface area contributed by atoms with Gasteiger partial charge in [-0.15, -0.1) is 0 Å². The number of hydrogen-bond acceptors (Lipinski definition) is 4. The van der Waals surface area contributed by atoms with Crippen molar-refractivity contribution in [2.24, 2.45) is 0 Å². The van der Waals surface area contributed by atoms with Crippen LogP contribution < -0.4 is 20.9 Å². The SMILES string of the molecule is C[C@@H](NC(=O)C1CC(=O)NC(c2ccccc2)N1)c1ccc(N(C)C)cc1. The molecule has 6 nitrogen and oxygen atoms in total. The number of carbonyl (C=O) groups excluding carboxylic acids is 2. The van der Waals surface area contributed by atoms with Gasteiger partial charge in [-0.05, 0) is 30.2 Å². The monoisotopic (exact) mass is 366 g/mol. The molecule has 0 radical (unpaired) electrons. The predicted octanol–water partition coefficient (Wildman–Crippen LogP) is 2.11. The molecule has 1 saturated heterocycles. The Morgan fingerprint density at radius 1 is 1.11 bits per heavy atom. The molecular weight excluding hydrogens is 340 g/mol. The molecule has 0 aliphatic carbocycles. The fourth-order valence-corrected chi connectivity index (χ4v) is 3.16. The molecule has 1 aliphatic rings. The van der Waals surface area contributed by atoms with Crippen LogP contribution in [0.2, 0.25) is 0 Å². The molecule has 1 heterocycles. The summed E-state index contributed by atoms with van der Waals surface area (Å²) in [6.07, 6.45) is -0.237. The third kappa shape index (κ3) is 4.65. The molecule has 0 spiro atoms. The minimum absolute atomic E-state index is 0.126. The zero-order valence-corrected chi connectivity index (χ0v) is 15.9. The van der Waals surface area contributed by atoms with E-state index in [4.69, 9.17) is 0 Å². The number of nitrogens with zero attached hydrogens (tertiary/aromatic N) is 1. The van der Waals surface area contributed by atoms with E-state index in [1.807, 2.05) is 80.5 Å². The first-order valence-electron chi connectivity index (χ1n) is 9.12. The van der Waals surface area contributed by atoms with Gasteiger partial charge < -0.3 is 15.5 Å². The van der Waals surface area contributed by atoms with Crippen LogP contribution in [0, 0.1) is 0 Å². The van der Waals surface area contributed by atoms with Crippen LogP contribution in [0.25, 0.3) is 0 Å². The molecule has 0 aromatic heterocycles. The molecule has 0 saturated carbocycles. The first-order chi connectivity index (χ1) is 12.9. The number of carbonyl (C=O) groups is 2. The Morgan fingerprint density at radius 3 is 2.41 bits per heavy atom. The number of amides is 2. The van der Waals surface area contributed by atoms with Crippen LogP contribution in [0.15, 0.2) is 54.6 Å². The van der Waals surface area contributed by atoms with Crippen LogP contribution in [-0.2, 0) is 9.59 Å². The molecule has 142 valence electrons. The van der Waals surface area contributed by atoms with Gasteiger partial charge in [0, 0.05) is 19.8 Å². The van der Waals surface area contributed by atoms with Crippen LogP contribution in [-0.4, -0.2) is 32.0 Å². The van der Waals surface area contributed by atoms with Crippen molar-refractivity contribution in [1.82, 2.24) is 16.0 Å². The van der Waals surface area contributed by atoms with Crippen LogP contribution in [0.5, 0.6) is 0 Å². The van der Waals surface area contributed by atoms with Gasteiger partial charge in [0.15, 0.2) is 0 Å². The van der Waals surface area contributed by atoms with Gasteiger partial charge in [-0.3, -0.25) is 14.9 Å². The van der Waals surface area contributed by atoms with E-state index in [2.05, 4.69) is 16.0 Å². The van der Waals surface area contributed by atoms with E-state index < -0.39 is 6.04 Å². The quantitative estimate of drug-likeness (QED) is 0.758. The number of benzene rings is 2. The van der Waals surface area contributed by atoms with Crippen molar-refractivity contribution in [2.75, 3.05) is 19.0 Å². The molecule has 2 unspecified atom stereocenters. The van der Waals surface area contributed by atoms with E-state index in [1.54, 1.807) is 0 Å². The van der Waals surface area contributed by atoms with Crippen molar-refractivity contribution >= 4 is 17.5 Å². The molecular formula is C21H26N4O2. The highest BCUT2D eigenvalue weighted by molar-refractivity contribution is 5.89. The lowest BCUT2D eigenvalue weighted by atomic mass is 10.0. The lowest BCUT2D eigenvalue weighted by Crippen LogP contribution is -2.56. The molecule has 1 fully saturated rings. The second kappa shape index (κ2) is 8.22. The Balaban J connectivity index is 1.65. The second-order valence-electron chi connectivity index (χ2n) is 7.05. The molecule has 2 amide bonds. The van der Waals surface area contributed by atoms with Crippen LogP contribution in [0.1, 0.15) is 36.7 Å². The molecule has 3 N–H and O–H groups in total. The Hall–Kier alpha value is -2.86. The van der Waals surface area contributed by atoms with E-state index in [0.29, 0.717) is 0 Å². The van der Waals surface area contributed by atoms with Gasteiger partial charge in [0.05, 0.1) is 18.5 Å². The van der Waals surface area contributed by atoms with Crippen molar-refractivity contribution in [1.29, 1.82) is 0 Å². The summed E-state index contributed by atoms with van der Waals surface area (Å²) >= 11 is 0. The normalized spacial score (nSPS) is 20.5. The Morgan fingerprint density at radius 2 is 1.78 bits per heavy atom. The smallest absolute Gasteiger partial charge is 0.238 e. The summed E-state index contributed by atoms with van der Waals surface area (Å²) in [6, 6.07) is 16.9. The van der Waals surface area contributed by atoms with Crippen molar-refractivity contribution in [3.8, 4) is 0 Å². The third-order valence-corrected chi connectivity index (χ3v) is 4.78. The maximum atomic E-state index is 12.7. The van der Waals surface area contributed by atoms with Gasteiger partial charge in [-0.1, -0.05) is 42.5 Å². The fourth-order valence-electron chi connectivity index (χ4n) is 3.16. The lowest BCUT2D eigenvalue weighted by molar-refractivity contribution is -0.132. The minimum Gasteiger partial charge on any atom is -0.378 e. The lowest BCUT2D eigenvalue weighted by Gasteiger charge is -2.32. The number of hydrogen-bond donors (Lipinski definition) is 3. The molecule has 3 rings (SSSR count). The summed E-state index contributed by atoms with van der Waals surface area (Å²) in [5.74, 6) is -0.305. The number of nitrogens with one attached hydrogen (secondary N) is 3. The van der Waals surface area contributed by atoms with Gasteiger partial charge in [-0.25, -0.2) is 0 Å².